The van der Waals surface area contributed by atoms with Gasteiger partial charge in [-0.3, -0.25) is 4.79 Å². The van der Waals surface area contributed by atoms with Gasteiger partial charge in [-0.2, -0.15) is 17.5 Å². The molecule has 1 atom stereocenters. The predicted octanol–water partition coefficient (Wildman–Crippen LogP) is 2.26. The number of piperidine rings is 1. The van der Waals surface area contributed by atoms with Crippen molar-refractivity contribution in [3.05, 3.63) is 28.8 Å². The lowest BCUT2D eigenvalue weighted by Crippen LogP contribution is -2.45. The Morgan fingerprint density at radius 2 is 1.96 bits per heavy atom. The van der Waals surface area contributed by atoms with E-state index >= 15 is 0 Å². The van der Waals surface area contributed by atoms with Crippen molar-refractivity contribution in [3.63, 3.8) is 0 Å². The van der Waals surface area contributed by atoms with Crippen molar-refractivity contribution in [1.29, 1.82) is 0 Å². The Morgan fingerprint density at radius 3 is 2.48 bits per heavy atom. The van der Waals surface area contributed by atoms with Crippen LogP contribution in [0.5, 0.6) is 0 Å². The van der Waals surface area contributed by atoms with Gasteiger partial charge in [0.15, 0.2) is 0 Å². The van der Waals surface area contributed by atoms with Crippen molar-refractivity contribution in [3.8, 4) is 0 Å². The van der Waals surface area contributed by atoms with Crippen molar-refractivity contribution in [1.82, 2.24) is 9.62 Å². The van der Waals surface area contributed by atoms with Crippen LogP contribution in [0.15, 0.2) is 23.1 Å². The van der Waals surface area contributed by atoms with Crippen molar-refractivity contribution in [2.24, 2.45) is 5.92 Å². The molecule has 6 nitrogen and oxygen atoms in total. The summed E-state index contributed by atoms with van der Waals surface area (Å²) in [6.45, 7) is 1.45. The van der Waals surface area contributed by atoms with E-state index in [4.69, 9.17) is 16.7 Å². The van der Waals surface area contributed by atoms with E-state index in [2.05, 4.69) is 5.32 Å². The first-order chi connectivity index (χ1) is 12.5. The average molecular weight is 429 g/mol. The Kier molecular flexibility index (Phi) is 6.77. The number of benzene rings is 1. The van der Waals surface area contributed by atoms with Gasteiger partial charge in [-0.05, 0) is 38.0 Å². The minimum Gasteiger partial charge on any atom is -0.394 e. The number of rotatable bonds is 5. The molecule has 2 N–H and O–H groups in total. The number of nitrogens with one attached hydrogen (secondary N) is 1. The summed E-state index contributed by atoms with van der Waals surface area (Å²) < 4.78 is 65.3. The molecule has 0 radical (unpaired) electrons. The van der Waals surface area contributed by atoms with Crippen molar-refractivity contribution in [2.75, 3.05) is 19.7 Å². The van der Waals surface area contributed by atoms with E-state index in [0.29, 0.717) is 6.07 Å². The molecule has 2 rings (SSSR count). The molecule has 1 fully saturated rings. The second kappa shape index (κ2) is 8.34. The Morgan fingerprint density at radius 1 is 1.37 bits per heavy atom. The van der Waals surface area contributed by atoms with Gasteiger partial charge in [0.2, 0.25) is 15.9 Å². The first-order valence-electron chi connectivity index (χ1n) is 8.25. The van der Waals surface area contributed by atoms with Crippen molar-refractivity contribution >= 4 is 27.5 Å². The summed E-state index contributed by atoms with van der Waals surface area (Å²) in [4.78, 5) is 11.6. The second-order valence-corrected chi connectivity index (χ2v) is 8.76. The molecule has 152 valence electrons. The predicted molar refractivity (Wildman–Crippen MR) is 92.6 cm³/mol. The first kappa shape index (κ1) is 21.9. The Balaban J connectivity index is 2.13. The van der Waals surface area contributed by atoms with E-state index in [-0.39, 0.29) is 38.4 Å². The smallest absolute Gasteiger partial charge is 0.394 e. The zero-order valence-electron chi connectivity index (χ0n) is 14.5. The number of amides is 1. The summed E-state index contributed by atoms with van der Waals surface area (Å²) in [5, 5.41) is 11.0. The third-order valence-corrected chi connectivity index (χ3v) is 6.59. The van der Waals surface area contributed by atoms with Crippen LogP contribution in [0.1, 0.15) is 25.3 Å². The van der Waals surface area contributed by atoms with Crippen LogP contribution in [0, 0.1) is 5.92 Å². The number of sulfonamides is 1. The van der Waals surface area contributed by atoms with E-state index in [1.165, 1.54) is 0 Å². The van der Waals surface area contributed by atoms with E-state index in [0.717, 1.165) is 16.4 Å². The highest BCUT2D eigenvalue weighted by Crippen LogP contribution is 2.36. The van der Waals surface area contributed by atoms with Gasteiger partial charge in [0.1, 0.15) is 0 Å². The van der Waals surface area contributed by atoms with Gasteiger partial charge in [0.25, 0.3) is 0 Å². The lowest BCUT2D eigenvalue weighted by atomic mass is 9.97. The van der Waals surface area contributed by atoms with E-state index in [1.54, 1.807) is 6.92 Å². The molecule has 1 aliphatic heterocycles. The van der Waals surface area contributed by atoms with E-state index < -0.39 is 43.6 Å². The Labute approximate surface area is 160 Å². The third kappa shape index (κ3) is 5.13. The normalized spacial score (nSPS) is 18.3. The van der Waals surface area contributed by atoms with Crippen LogP contribution < -0.4 is 5.32 Å². The highest BCUT2D eigenvalue weighted by atomic mass is 35.5. The standard InChI is InChI=1S/C16H20ClF3N2O4S/c1-10(9-23)21-15(24)11-4-6-22(7-5-11)27(25,26)12-2-3-14(17)13(8-12)16(18,19)20/h2-3,8,10-11,23H,4-7,9H2,1H3,(H,21,24). The molecule has 1 amide bonds. The molecule has 0 aromatic heterocycles. The maximum absolute atomic E-state index is 13.0. The summed E-state index contributed by atoms with van der Waals surface area (Å²) in [6, 6.07) is 2.07. The number of alkyl halides is 3. The molecule has 11 heteroatoms. The molecule has 0 saturated carbocycles. The number of nitrogens with zero attached hydrogens (tertiary/aromatic N) is 1. The summed E-state index contributed by atoms with van der Waals surface area (Å²) in [7, 11) is -4.14. The lowest BCUT2D eigenvalue weighted by Gasteiger charge is -2.31. The fourth-order valence-electron chi connectivity index (χ4n) is 2.80. The summed E-state index contributed by atoms with van der Waals surface area (Å²) in [5.41, 5.74) is -1.21. The summed E-state index contributed by atoms with van der Waals surface area (Å²) >= 11 is 5.53. The number of aliphatic hydroxyl groups excluding tert-OH is 1. The number of hydrogen-bond donors (Lipinski definition) is 2. The SMILES string of the molecule is CC(CO)NC(=O)C1CCN(S(=O)(=O)c2ccc(Cl)c(C(F)(F)F)c2)CC1. The molecule has 0 spiro atoms. The minimum atomic E-state index is -4.77. The number of carbonyl (C=O) groups excluding carboxylic acids is 1. The molecule has 1 saturated heterocycles. The number of hydrogen-bond acceptors (Lipinski definition) is 4. The van der Waals surface area contributed by atoms with E-state index in [1.807, 2.05) is 0 Å². The molecule has 1 heterocycles. The zero-order valence-corrected chi connectivity index (χ0v) is 16.0. The maximum atomic E-state index is 13.0. The molecule has 1 aromatic rings. The fourth-order valence-corrected chi connectivity index (χ4v) is 4.52. The second-order valence-electron chi connectivity index (χ2n) is 6.41. The van der Waals surface area contributed by atoms with Gasteiger partial charge >= 0.3 is 6.18 Å². The Hall–Kier alpha value is -1.36. The van der Waals surface area contributed by atoms with Crippen LogP contribution in [0.25, 0.3) is 0 Å². The molecule has 1 aliphatic rings. The monoisotopic (exact) mass is 428 g/mol. The molecule has 0 aliphatic carbocycles. The molecular formula is C16H20ClF3N2O4S. The number of aliphatic hydroxyl groups is 1. The number of halogens is 4. The minimum absolute atomic E-state index is 0.0118. The van der Waals surface area contributed by atoms with Gasteiger partial charge < -0.3 is 10.4 Å². The van der Waals surface area contributed by atoms with Crippen LogP contribution >= 0.6 is 11.6 Å². The first-order valence-corrected chi connectivity index (χ1v) is 10.1. The topological polar surface area (TPSA) is 86.7 Å². The van der Waals surface area contributed by atoms with Crippen LogP contribution in [-0.2, 0) is 21.0 Å². The zero-order chi connectivity index (χ0) is 20.4. The third-order valence-electron chi connectivity index (χ3n) is 4.37. The van der Waals surface area contributed by atoms with Gasteiger partial charge in [0, 0.05) is 25.0 Å². The van der Waals surface area contributed by atoms with Crippen LogP contribution in [0.3, 0.4) is 0 Å². The van der Waals surface area contributed by atoms with Crippen LogP contribution in [0.4, 0.5) is 13.2 Å². The van der Waals surface area contributed by atoms with Gasteiger partial charge in [-0.25, -0.2) is 8.42 Å². The quantitative estimate of drug-likeness (QED) is 0.753. The van der Waals surface area contributed by atoms with Crippen molar-refractivity contribution in [2.45, 2.75) is 36.9 Å². The molecule has 0 bridgehead atoms. The molecule has 1 aromatic carbocycles. The largest absolute Gasteiger partial charge is 0.417 e. The van der Waals surface area contributed by atoms with Gasteiger partial charge in [-0.1, -0.05) is 11.6 Å². The molecule has 27 heavy (non-hydrogen) atoms. The van der Waals surface area contributed by atoms with Gasteiger partial charge in [0.05, 0.1) is 22.1 Å². The highest BCUT2D eigenvalue weighted by molar-refractivity contribution is 7.89. The van der Waals surface area contributed by atoms with Crippen LogP contribution in [-0.4, -0.2) is 49.5 Å². The van der Waals surface area contributed by atoms with E-state index in [9.17, 15) is 26.4 Å². The van der Waals surface area contributed by atoms with Crippen LogP contribution in [0.2, 0.25) is 5.02 Å². The summed E-state index contributed by atoms with van der Waals surface area (Å²) in [5.74, 6) is -0.694. The highest BCUT2D eigenvalue weighted by Gasteiger charge is 2.37. The fraction of sp³-hybridized carbons (Fsp3) is 0.562. The van der Waals surface area contributed by atoms with Crippen molar-refractivity contribution < 1.29 is 31.5 Å². The maximum Gasteiger partial charge on any atom is 0.417 e. The summed E-state index contributed by atoms with van der Waals surface area (Å²) in [6.07, 6.45) is -4.29. The average Bonchev–Trinajstić information content (AvgIpc) is 2.60. The molecule has 1 unspecified atom stereocenters. The molecular weight excluding hydrogens is 409 g/mol. The Bertz CT molecular complexity index is 793. The van der Waals surface area contributed by atoms with Gasteiger partial charge in [-0.15, -0.1) is 0 Å². The lowest BCUT2D eigenvalue weighted by molar-refractivity contribution is -0.137. The number of carbonyl (C=O) groups is 1.